The summed E-state index contributed by atoms with van der Waals surface area (Å²) in [7, 11) is 0. The summed E-state index contributed by atoms with van der Waals surface area (Å²) < 4.78 is 23.8. The Kier molecular flexibility index (Phi) is 11.9. The zero-order valence-electron chi connectivity index (χ0n) is 29.5. The molecule has 0 aromatic heterocycles. The van der Waals surface area contributed by atoms with E-state index >= 15 is 0 Å². The van der Waals surface area contributed by atoms with E-state index in [4.69, 9.17) is 93.7 Å². The Labute approximate surface area is 336 Å². The normalized spacial score (nSPS) is 14.2. The van der Waals surface area contributed by atoms with Crippen LogP contribution in [-0.4, -0.2) is 42.1 Å². The summed E-state index contributed by atoms with van der Waals surface area (Å²) in [5.74, 6) is -3.86. The van der Waals surface area contributed by atoms with Crippen molar-refractivity contribution in [1.29, 1.82) is 0 Å². The van der Waals surface area contributed by atoms with Gasteiger partial charge in [-0.05, 0) is 72.6 Å². The highest BCUT2D eigenvalue weighted by Crippen LogP contribution is 2.64. The second kappa shape index (κ2) is 15.3. The fraction of sp³-hybridized carbons (Fsp3) is 0.405. The lowest BCUT2D eigenvalue weighted by Gasteiger charge is -2.38. The van der Waals surface area contributed by atoms with Gasteiger partial charge in [-0.3, -0.25) is 14.4 Å². The highest BCUT2D eigenvalue weighted by molar-refractivity contribution is 6.41. The third kappa shape index (κ3) is 7.53. The minimum Gasteiger partial charge on any atom is -0.453 e. The number of amides is 1. The Morgan fingerprint density at radius 2 is 1.23 bits per heavy atom. The summed E-state index contributed by atoms with van der Waals surface area (Å²) in [5.41, 5.74) is -4.42. The molecule has 53 heavy (non-hydrogen) atoms. The predicted octanol–water partition coefficient (Wildman–Crippen LogP) is 10.4. The molecule has 5 rings (SSSR count). The van der Waals surface area contributed by atoms with Crippen LogP contribution in [0.2, 0.25) is 30.1 Å². The summed E-state index contributed by atoms with van der Waals surface area (Å²) in [5, 5.41) is 10.5. The Morgan fingerprint density at radius 3 is 1.70 bits per heavy atom. The van der Waals surface area contributed by atoms with Crippen molar-refractivity contribution in [2.75, 3.05) is 13.2 Å². The molecule has 10 nitrogen and oxygen atoms in total. The fourth-order valence-corrected chi connectivity index (χ4v) is 7.44. The average Bonchev–Trinajstić information content (AvgIpc) is 3.38. The van der Waals surface area contributed by atoms with Gasteiger partial charge in [-0.2, -0.15) is 0 Å². The zero-order chi connectivity index (χ0) is 39.4. The number of hydrogen-bond donors (Lipinski definition) is 2. The number of esters is 3. The molecular formula is C37H35Cl6NO9. The first-order valence-corrected chi connectivity index (χ1v) is 18.8. The van der Waals surface area contributed by atoms with Crippen LogP contribution in [0.3, 0.4) is 0 Å². The molecule has 2 N–H and O–H groups in total. The number of benzene rings is 3. The van der Waals surface area contributed by atoms with Gasteiger partial charge >= 0.3 is 17.9 Å². The van der Waals surface area contributed by atoms with Crippen LogP contribution in [-0.2, 0) is 19.9 Å². The van der Waals surface area contributed by atoms with Crippen molar-refractivity contribution < 1.29 is 43.2 Å². The number of carbonyl (C=O) groups is 4. The minimum atomic E-state index is -2.13. The van der Waals surface area contributed by atoms with Crippen molar-refractivity contribution >= 4 is 93.4 Å². The van der Waals surface area contributed by atoms with E-state index < -0.39 is 40.2 Å². The van der Waals surface area contributed by atoms with Gasteiger partial charge in [-0.25, -0.2) is 4.79 Å². The third-order valence-corrected chi connectivity index (χ3v) is 10.4. The van der Waals surface area contributed by atoms with Crippen LogP contribution >= 0.6 is 69.6 Å². The van der Waals surface area contributed by atoms with E-state index in [2.05, 4.69) is 5.32 Å². The first-order valence-electron chi connectivity index (χ1n) is 16.5. The second-order valence-electron chi connectivity index (χ2n) is 14.6. The average molecular weight is 850 g/mol. The van der Waals surface area contributed by atoms with Gasteiger partial charge < -0.3 is 29.4 Å². The molecule has 0 saturated carbocycles. The van der Waals surface area contributed by atoms with E-state index in [1.165, 1.54) is 18.2 Å². The maximum atomic E-state index is 13.9. The van der Waals surface area contributed by atoms with Crippen molar-refractivity contribution in [3.8, 4) is 23.0 Å². The van der Waals surface area contributed by atoms with E-state index in [9.17, 15) is 19.2 Å². The van der Waals surface area contributed by atoms with Gasteiger partial charge in [0.05, 0.1) is 53.2 Å². The molecule has 1 spiro atoms. The Hall–Kier alpha value is -2.96. The molecule has 0 bridgehead atoms. The standard InChI is InChI=1S/C37H35Cl6NO9/c1-35(2,3)33(48)51-29-20(39)14-17-27(25(29)42)50-28-18(15-21(40)30(26(28)43)52-34(49)36(4,5)6)37(17)23-22(32(47)53-37)19(38)13-16(24(23)41)31(46)44-11-9-7-8-10-12-45/h13-15,45H,7-12H2,1-6H3,(H,44,46). The lowest BCUT2D eigenvalue weighted by atomic mass is 9.77. The quantitative estimate of drug-likeness (QED) is 0.122. The van der Waals surface area contributed by atoms with E-state index in [1.54, 1.807) is 41.5 Å². The largest absolute Gasteiger partial charge is 0.453 e. The molecule has 1 amide bonds. The lowest BCUT2D eigenvalue weighted by molar-refractivity contribution is -0.143. The van der Waals surface area contributed by atoms with E-state index in [0.717, 1.165) is 12.8 Å². The lowest BCUT2D eigenvalue weighted by Crippen LogP contribution is -2.35. The number of hydrogen-bond acceptors (Lipinski definition) is 9. The van der Waals surface area contributed by atoms with Gasteiger partial charge in [0.1, 0.15) is 10.0 Å². The summed E-state index contributed by atoms with van der Waals surface area (Å²) in [6.07, 6.45) is 2.82. The number of rotatable bonds is 9. The van der Waals surface area contributed by atoms with Crippen LogP contribution in [0, 0.1) is 10.8 Å². The number of aliphatic hydroxyl groups excluding tert-OH is 1. The van der Waals surface area contributed by atoms with Gasteiger partial charge in [0.2, 0.25) is 0 Å². The molecule has 0 unspecified atom stereocenters. The molecule has 2 heterocycles. The predicted molar refractivity (Wildman–Crippen MR) is 203 cm³/mol. The van der Waals surface area contributed by atoms with Crippen LogP contribution in [0.4, 0.5) is 0 Å². The molecular weight excluding hydrogens is 815 g/mol. The monoisotopic (exact) mass is 847 g/mol. The number of ether oxygens (including phenoxy) is 4. The van der Waals surface area contributed by atoms with Crippen LogP contribution in [0.15, 0.2) is 18.2 Å². The fourth-order valence-electron chi connectivity index (χ4n) is 5.65. The molecule has 0 radical (unpaired) electrons. The van der Waals surface area contributed by atoms with Crippen LogP contribution in [0.1, 0.15) is 105 Å². The molecule has 3 aromatic rings. The van der Waals surface area contributed by atoms with Crippen LogP contribution in [0.5, 0.6) is 23.0 Å². The highest BCUT2D eigenvalue weighted by Gasteiger charge is 2.58. The number of fused-ring (bicyclic) bond motifs is 6. The minimum absolute atomic E-state index is 0.00589. The number of aliphatic hydroxyl groups is 1. The smallest absolute Gasteiger partial charge is 0.341 e. The Morgan fingerprint density at radius 1 is 0.736 bits per heavy atom. The van der Waals surface area contributed by atoms with Crippen molar-refractivity contribution in [1.82, 2.24) is 5.32 Å². The molecule has 0 saturated heterocycles. The maximum Gasteiger partial charge on any atom is 0.341 e. The first kappa shape index (κ1) is 41.2. The van der Waals surface area contributed by atoms with Gasteiger partial charge in [0.25, 0.3) is 5.91 Å². The molecule has 0 atom stereocenters. The molecule has 16 heteroatoms. The first-order chi connectivity index (χ1) is 24.7. The summed E-state index contributed by atoms with van der Waals surface area (Å²) in [6, 6.07) is 3.89. The Bertz CT molecular complexity index is 1960. The number of unbranched alkanes of at least 4 members (excludes halogenated alkanes) is 3. The SMILES string of the molecule is CC(C)(C)C(=O)Oc1c(Cl)cc2c(c1Cl)Oc1c(cc(Cl)c(OC(=O)C(C)(C)C)c1Cl)C21OC(=O)c2c(Cl)cc(C(=O)NCCCCCCO)c(Cl)c21. The number of nitrogens with one attached hydrogen (secondary N) is 1. The molecule has 2 aliphatic rings. The Balaban J connectivity index is 1.79. The second-order valence-corrected chi connectivity index (χ2v) is 16.9. The van der Waals surface area contributed by atoms with E-state index in [-0.39, 0.29) is 94.1 Å². The van der Waals surface area contributed by atoms with Gasteiger partial charge in [-0.15, -0.1) is 0 Å². The molecule has 0 fully saturated rings. The van der Waals surface area contributed by atoms with Crippen molar-refractivity contribution in [3.05, 3.63) is 76.2 Å². The van der Waals surface area contributed by atoms with Gasteiger partial charge in [0.15, 0.2) is 28.6 Å². The number of halogens is 6. The van der Waals surface area contributed by atoms with Gasteiger partial charge in [0, 0.05) is 18.7 Å². The topological polar surface area (TPSA) is 137 Å². The summed E-state index contributed by atoms with van der Waals surface area (Å²) in [6.45, 7) is 10.2. The molecule has 3 aromatic carbocycles. The van der Waals surface area contributed by atoms with Crippen LogP contribution < -0.4 is 19.5 Å². The van der Waals surface area contributed by atoms with E-state index in [0.29, 0.717) is 12.8 Å². The zero-order valence-corrected chi connectivity index (χ0v) is 34.0. The summed E-state index contributed by atoms with van der Waals surface area (Å²) in [4.78, 5) is 53.5. The van der Waals surface area contributed by atoms with E-state index in [1.807, 2.05) is 0 Å². The van der Waals surface area contributed by atoms with Crippen molar-refractivity contribution in [2.24, 2.45) is 10.8 Å². The van der Waals surface area contributed by atoms with Crippen molar-refractivity contribution in [2.45, 2.75) is 72.8 Å². The molecule has 284 valence electrons. The molecule has 0 aliphatic carbocycles. The van der Waals surface area contributed by atoms with Crippen molar-refractivity contribution in [3.63, 3.8) is 0 Å². The van der Waals surface area contributed by atoms with Crippen LogP contribution in [0.25, 0.3) is 0 Å². The maximum absolute atomic E-state index is 13.9. The molecule has 2 aliphatic heterocycles. The third-order valence-electron chi connectivity index (χ3n) is 8.47. The van der Waals surface area contributed by atoms with Gasteiger partial charge in [-0.1, -0.05) is 82.4 Å². The summed E-state index contributed by atoms with van der Waals surface area (Å²) >= 11 is 41.2. The highest BCUT2D eigenvalue weighted by atomic mass is 35.5. The number of carbonyl (C=O) groups excluding carboxylic acids is 4.